The number of benzene rings is 1. The van der Waals surface area contributed by atoms with Crippen LogP contribution in [0.2, 0.25) is 5.02 Å². The zero-order chi connectivity index (χ0) is 22.3. The average Bonchev–Trinajstić information content (AvgIpc) is 3.14. The maximum Gasteiger partial charge on any atom is 0.417 e. The number of rotatable bonds is 4. The predicted molar refractivity (Wildman–Crippen MR) is 106 cm³/mol. The van der Waals surface area contributed by atoms with Crippen LogP contribution >= 0.6 is 11.6 Å². The summed E-state index contributed by atoms with van der Waals surface area (Å²) in [6.07, 6.45) is -2.45. The van der Waals surface area contributed by atoms with Gasteiger partial charge in [-0.3, -0.25) is 9.69 Å². The third kappa shape index (κ3) is 4.05. The number of alkyl halides is 3. The van der Waals surface area contributed by atoms with Gasteiger partial charge in [-0.25, -0.2) is 9.97 Å². The fourth-order valence-corrected chi connectivity index (χ4v) is 3.98. The normalized spacial score (nSPS) is 16.9. The van der Waals surface area contributed by atoms with Gasteiger partial charge in [0, 0.05) is 30.4 Å². The fourth-order valence-electron chi connectivity index (χ4n) is 3.64. The second-order valence-corrected chi connectivity index (χ2v) is 7.69. The van der Waals surface area contributed by atoms with Gasteiger partial charge in [0.1, 0.15) is 5.69 Å². The second-order valence-electron chi connectivity index (χ2n) is 7.32. The molecule has 1 aliphatic heterocycles. The molecule has 1 atom stereocenters. The molecule has 0 fully saturated rings. The van der Waals surface area contributed by atoms with Crippen LogP contribution in [-0.4, -0.2) is 48.7 Å². The van der Waals surface area contributed by atoms with Crippen molar-refractivity contribution >= 4 is 17.4 Å². The van der Waals surface area contributed by atoms with Crippen LogP contribution in [0.15, 0.2) is 30.5 Å². The highest BCUT2D eigenvalue weighted by Gasteiger charge is 2.36. The van der Waals surface area contributed by atoms with Gasteiger partial charge in [0.25, 0.3) is 5.95 Å². The Balaban J connectivity index is 1.56. The molecule has 0 saturated heterocycles. The van der Waals surface area contributed by atoms with Gasteiger partial charge in [-0.1, -0.05) is 22.9 Å². The largest absolute Gasteiger partial charge is 0.417 e. The zero-order valence-electron chi connectivity index (χ0n) is 16.7. The van der Waals surface area contributed by atoms with Crippen LogP contribution < -0.4 is 0 Å². The van der Waals surface area contributed by atoms with Crippen LogP contribution in [0.1, 0.15) is 46.0 Å². The standard InChI is InChI=1S/C20H18ClF3N6O/c1-11-6-8-25-19(26-11)30-15-7-9-29(12(2)18(15)27-28-30)10-16(31)13-4-3-5-14(17(13)21)20(22,23)24/h3-6,8,12H,7,9-10H2,1-2H3/t12-/m1/s1. The van der Waals surface area contributed by atoms with E-state index in [1.807, 2.05) is 18.7 Å². The van der Waals surface area contributed by atoms with Gasteiger partial charge in [-0.2, -0.15) is 17.9 Å². The maximum atomic E-state index is 13.1. The van der Waals surface area contributed by atoms with Gasteiger partial charge in [-0.15, -0.1) is 5.10 Å². The van der Waals surface area contributed by atoms with E-state index >= 15 is 0 Å². The summed E-state index contributed by atoms with van der Waals surface area (Å²) in [6, 6.07) is 4.87. The van der Waals surface area contributed by atoms with Gasteiger partial charge in [0.2, 0.25) is 0 Å². The molecule has 162 valence electrons. The highest BCUT2D eigenvalue weighted by Crippen LogP contribution is 2.37. The summed E-state index contributed by atoms with van der Waals surface area (Å²) in [7, 11) is 0. The summed E-state index contributed by atoms with van der Waals surface area (Å²) in [5, 5.41) is 7.84. The highest BCUT2D eigenvalue weighted by atomic mass is 35.5. The summed E-state index contributed by atoms with van der Waals surface area (Å²) in [4.78, 5) is 23.2. The monoisotopic (exact) mass is 450 g/mol. The van der Waals surface area contributed by atoms with E-state index in [9.17, 15) is 18.0 Å². The van der Waals surface area contributed by atoms with Crippen LogP contribution in [0.5, 0.6) is 0 Å². The van der Waals surface area contributed by atoms with Gasteiger partial charge < -0.3 is 0 Å². The van der Waals surface area contributed by atoms with Gasteiger partial charge in [-0.05, 0) is 32.0 Å². The summed E-state index contributed by atoms with van der Waals surface area (Å²) < 4.78 is 40.9. The van der Waals surface area contributed by atoms with Crippen molar-refractivity contribution in [3.63, 3.8) is 0 Å². The predicted octanol–water partition coefficient (Wildman–Crippen LogP) is 3.84. The van der Waals surface area contributed by atoms with Gasteiger partial charge in [0.05, 0.1) is 28.9 Å². The minimum Gasteiger partial charge on any atom is -0.293 e. The lowest BCUT2D eigenvalue weighted by Gasteiger charge is -2.31. The number of aromatic nitrogens is 5. The van der Waals surface area contributed by atoms with Crippen LogP contribution in [0.25, 0.3) is 5.95 Å². The molecule has 4 rings (SSSR count). The Morgan fingerprint density at radius 3 is 2.77 bits per heavy atom. The number of fused-ring (bicyclic) bond motifs is 1. The molecular weight excluding hydrogens is 433 g/mol. The number of hydrogen-bond donors (Lipinski definition) is 0. The van der Waals surface area contributed by atoms with E-state index in [-0.39, 0.29) is 18.2 Å². The van der Waals surface area contributed by atoms with Crippen LogP contribution in [-0.2, 0) is 12.6 Å². The molecule has 0 spiro atoms. The Morgan fingerprint density at radius 2 is 2.06 bits per heavy atom. The minimum absolute atomic E-state index is 0.0879. The minimum atomic E-state index is -4.63. The van der Waals surface area contributed by atoms with Crippen molar-refractivity contribution in [2.75, 3.05) is 13.1 Å². The number of aryl methyl sites for hydroxylation is 1. The molecule has 0 bridgehead atoms. The molecule has 0 amide bonds. The Kier molecular flexibility index (Phi) is 5.52. The smallest absolute Gasteiger partial charge is 0.293 e. The second kappa shape index (κ2) is 8.01. The molecule has 11 heteroatoms. The first-order valence-corrected chi connectivity index (χ1v) is 9.92. The molecule has 31 heavy (non-hydrogen) atoms. The van der Waals surface area contributed by atoms with Crippen molar-refractivity contribution in [3.05, 3.63) is 63.7 Å². The van der Waals surface area contributed by atoms with Crippen molar-refractivity contribution in [2.45, 2.75) is 32.5 Å². The zero-order valence-corrected chi connectivity index (χ0v) is 17.4. The van der Waals surface area contributed by atoms with E-state index in [1.54, 1.807) is 16.9 Å². The molecule has 1 aromatic carbocycles. The first kappa shape index (κ1) is 21.4. The summed E-state index contributed by atoms with van der Waals surface area (Å²) in [6.45, 7) is 4.13. The number of hydrogen-bond acceptors (Lipinski definition) is 6. The average molecular weight is 451 g/mol. The number of Topliss-reactive ketones (excluding diaryl/α,β-unsaturated/α-hetero) is 1. The van der Waals surface area contributed by atoms with E-state index < -0.39 is 22.5 Å². The number of halogens is 4. The quantitative estimate of drug-likeness (QED) is 0.562. The lowest BCUT2D eigenvalue weighted by Crippen LogP contribution is -2.38. The maximum absolute atomic E-state index is 13.1. The SMILES string of the molecule is Cc1ccnc(-n2nnc3c2CCN(CC(=O)c2cccc(C(F)(F)F)c2Cl)[C@@H]3C)n1. The third-order valence-electron chi connectivity index (χ3n) is 5.30. The lowest BCUT2D eigenvalue weighted by atomic mass is 10.0. The summed E-state index contributed by atoms with van der Waals surface area (Å²) in [5.74, 6) is -0.0676. The fraction of sp³-hybridized carbons (Fsp3) is 0.350. The van der Waals surface area contributed by atoms with E-state index in [0.717, 1.165) is 17.5 Å². The molecule has 0 aliphatic carbocycles. The van der Waals surface area contributed by atoms with Crippen molar-refractivity contribution in [1.29, 1.82) is 0 Å². The van der Waals surface area contributed by atoms with Gasteiger partial charge >= 0.3 is 6.18 Å². The number of ketones is 1. The Morgan fingerprint density at radius 1 is 1.29 bits per heavy atom. The van der Waals surface area contributed by atoms with Crippen LogP contribution in [0.4, 0.5) is 13.2 Å². The van der Waals surface area contributed by atoms with Gasteiger partial charge in [0.15, 0.2) is 5.78 Å². The van der Waals surface area contributed by atoms with Crippen LogP contribution in [0, 0.1) is 6.92 Å². The molecule has 1 aliphatic rings. The summed E-state index contributed by atoms with van der Waals surface area (Å²) in [5.41, 5.74) is 1.16. The number of carbonyl (C=O) groups is 1. The molecule has 2 aromatic heterocycles. The van der Waals surface area contributed by atoms with Crippen molar-refractivity contribution in [1.82, 2.24) is 29.9 Å². The van der Waals surface area contributed by atoms with Crippen molar-refractivity contribution in [3.8, 4) is 5.95 Å². The van der Waals surface area contributed by atoms with Crippen molar-refractivity contribution < 1.29 is 18.0 Å². The Bertz CT molecular complexity index is 1150. The number of nitrogens with zero attached hydrogens (tertiary/aromatic N) is 6. The van der Waals surface area contributed by atoms with Crippen LogP contribution in [0.3, 0.4) is 0 Å². The molecule has 0 unspecified atom stereocenters. The Hall–Kier alpha value is -2.85. The molecule has 3 heterocycles. The topological polar surface area (TPSA) is 76.8 Å². The number of carbonyl (C=O) groups excluding carboxylic acids is 1. The van der Waals surface area contributed by atoms with Crippen molar-refractivity contribution in [2.24, 2.45) is 0 Å². The molecule has 0 saturated carbocycles. The molecule has 0 radical (unpaired) electrons. The first-order valence-electron chi connectivity index (χ1n) is 9.54. The first-order chi connectivity index (χ1) is 14.7. The lowest BCUT2D eigenvalue weighted by molar-refractivity contribution is -0.137. The molecule has 0 N–H and O–H groups in total. The molecule has 7 nitrogen and oxygen atoms in total. The van der Waals surface area contributed by atoms with E-state index in [2.05, 4.69) is 20.3 Å². The summed E-state index contributed by atoms with van der Waals surface area (Å²) >= 11 is 5.91. The molecule has 3 aromatic rings. The molecular formula is C20H18ClF3N6O. The Labute approximate surface area is 180 Å². The highest BCUT2D eigenvalue weighted by molar-refractivity contribution is 6.34. The van der Waals surface area contributed by atoms with E-state index in [0.29, 0.717) is 24.6 Å². The van der Waals surface area contributed by atoms with E-state index in [1.165, 1.54) is 12.1 Å². The third-order valence-corrected chi connectivity index (χ3v) is 5.70. The van der Waals surface area contributed by atoms with E-state index in [4.69, 9.17) is 11.6 Å².